The van der Waals surface area contributed by atoms with Crippen molar-refractivity contribution in [3.63, 3.8) is 0 Å². The largest absolute Gasteiger partial charge is 0.462 e. The van der Waals surface area contributed by atoms with Crippen LogP contribution in [-0.4, -0.2) is 22.6 Å². The van der Waals surface area contributed by atoms with Crippen LogP contribution in [0.4, 0.5) is 20.8 Å². The third kappa shape index (κ3) is 5.11. The molecule has 2 N–H and O–H groups in total. The van der Waals surface area contributed by atoms with Crippen LogP contribution in [0.3, 0.4) is 0 Å². The number of nitrogens with one attached hydrogen (secondary N) is 2. The quantitative estimate of drug-likeness (QED) is 0.271. The molecule has 0 spiro atoms. The fraction of sp³-hybridized carbons (Fsp3) is 0.400. The first-order valence-corrected chi connectivity index (χ1v) is 11.0. The molecule has 3 rings (SSSR count). The van der Waals surface area contributed by atoms with E-state index in [2.05, 4.69) is 10.6 Å². The van der Waals surface area contributed by atoms with Crippen LogP contribution in [0.2, 0.25) is 0 Å². The highest BCUT2D eigenvalue weighted by atomic mass is 32.1. The average molecular weight is 452 g/mol. The molecule has 0 aliphatic heterocycles. The van der Waals surface area contributed by atoms with Crippen molar-refractivity contribution in [2.45, 2.75) is 45.4 Å². The lowest BCUT2D eigenvalue weighted by molar-refractivity contribution is -0.387. The summed E-state index contributed by atoms with van der Waals surface area (Å²) < 4.78 is 18.8. The van der Waals surface area contributed by atoms with E-state index in [0.717, 1.165) is 61.1 Å². The second-order valence-electron chi connectivity index (χ2n) is 6.85. The maximum atomic E-state index is 13.5. The summed E-state index contributed by atoms with van der Waals surface area (Å²) in [4.78, 5) is 24.0. The summed E-state index contributed by atoms with van der Waals surface area (Å²) >= 11 is 6.81. The van der Waals surface area contributed by atoms with E-state index in [9.17, 15) is 19.3 Å². The molecule has 160 valence electrons. The minimum Gasteiger partial charge on any atom is -0.462 e. The zero-order valence-corrected chi connectivity index (χ0v) is 18.1. The van der Waals surface area contributed by atoms with E-state index in [1.54, 1.807) is 6.92 Å². The summed E-state index contributed by atoms with van der Waals surface area (Å²) in [5, 5.41) is 17.5. The predicted molar refractivity (Wildman–Crippen MR) is 119 cm³/mol. The van der Waals surface area contributed by atoms with Crippen molar-refractivity contribution in [2.75, 3.05) is 17.2 Å². The van der Waals surface area contributed by atoms with Crippen LogP contribution in [0.25, 0.3) is 0 Å². The summed E-state index contributed by atoms with van der Waals surface area (Å²) in [6.45, 7) is 2.03. The van der Waals surface area contributed by atoms with Crippen LogP contribution in [0, 0.1) is 15.9 Å². The second-order valence-corrected chi connectivity index (χ2v) is 8.36. The monoisotopic (exact) mass is 451 g/mol. The molecular weight excluding hydrogens is 429 g/mol. The first-order valence-electron chi connectivity index (χ1n) is 9.74. The van der Waals surface area contributed by atoms with Crippen LogP contribution in [0.1, 0.15) is 53.4 Å². The Labute approximate surface area is 182 Å². The van der Waals surface area contributed by atoms with Gasteiger partial charge < -0.3 is 15.4 Å². The van der Waals surface area contributed by atoms with Gasteiger partial charge >= 0.3 is 11.7 Å². The van der Waals surface area contributed by atoms with E-state index in [4.69, 9.17) is 17.0 Å². The van der Waals surface area contributed by atoms with Gasteiger partial charge in [0.15, 0.2) is 5.11 Å². The minimum atomic E-state index is -0.924. The summed E-state index contributed by atoms with van der Waals surface area (Å²) in [5.41, 5.74) is 1.15. The molecule has 1 aromatic carbocycles. The molecule has 0 bridgehead atoms. The highest BCUT2D eigenvalue weighted by molar-refractivity contribution is 7.80. The Morgan fingerprint density at radius 3 is 2.70 bits per heavy atom. The van der Waals surface area contributed by atoms with Gasteiger partial charge in [-0.25, -0.2) is 4.79 Å². The van der Waals surface area contributed by atoms with Gasteiger partial charge in [0.1, 0.15) is 5.00 Å². The highest BCUT2D eigenvalue weighted by Gasteiger charge is 2.26. The molecule has 1 aliphatic rings. The third-order valence-electron chi connectivity index (χ3n) is 4.78. The Hall–Kier alpha value is -2.59. The summed E-state index contributed by atoms with van der Waals surface area (Å²) in [5.74, 6) is -1.31. The van der Waals surface area contributed by atoms with E-state index < -0.39 is 22.4 Å². The highest BCUT2D eigenvalue weighted by Crippen LogP contribution is 2.37. The number of rotatable bonds is 5. The van der Waals surface area contributed by atoms with Crippen LogP contribution in [0.5, 0.6) is 0 Å². The predicted octanol–water partition coefficient (Wildman–Crippen LogP) is 5.44. The first kappa shape index (κ1) is 22.1. The zero-order valence-electron chi connectivity index (χ0n) is 16.5. The maximum Gasteiger partial charge on any atom is 0.341 e. The number of nitro groups is 1. The van der Waals surface area contributed by atoms with Crippen LogP contribution in [0.15, 0.2) is 18.2 Å². The molecule has 10 heteroatoms. The van der Waals surface area contributed by atoms with E-state index in [1.807, 2.05) is 0 Å². The minimum absolute atomic E-state index is 0.149. The summed E-state index contributed by atoms with van der Waals surface area (Å²) in [6.07, 6.45) is 6.08. The summed E-state index contributed by atoms with van der Waals surface area (Å²) in [7, 11) is 0. The van der Waals surface area contributed by atoms with Crippen LogP contribution < -0.4 is 10.6 Å². The number of anilines is 2. The number of benzene rings is 1. The lowest BCUT2D eigenvalue weighted by Gasteiger charge is -2.12. The first-order chi connectivity index (χ1) is 14.4. The molecule has 0 radical (unpaired) electrons. The van der Waals surface area contributed by atoms with Crippen molar-refractivity contribution in [1.82, 2.24) is 0 Å². The van der Waals surface area contributed by atoms with Gasteiger partial charge in [-0.05, 0) is 62.5 Å². The number of thiocarbonyl (C=S) groups is 1. The molecule has 0 saturated heterocycles. The number of esters is 1. The molecule has 0 amide bonds. The van der Waals surface area contributed by atoms with E-state index >= 15 is 0 Å². The molecule has 0 unspecified atom stereocenters. The van der Waals surface area contributed by atoms with Crippen molar-refractivity contribution in [1.29, 1.82) is 0 Å². The number of carbonyl (C=O) groups is 1. The lowest BCUT2D eigenvalue weighted by Crippen LogP contribution is -2.20. The SMILES string of the molecule is CCOC(=O)c1c(NC(=S)Nc2ccc(F)c([N+](=O)[O-])c2)sc2c1CCCCCC2. The molecule has 0 atom stereocenters. The van der Waals surface area contributed by atoms with Gasteiger partial charge in [0, 0.05) is 16.6 Å². The number of thiophene rings is 1. The molecule has 2 aromatic rings. The number of ether oxygens (including phenoxy) is 1. The Bertz CT molecular complexity index is 977. The molecule has 0 fully saturated rings. The molecule has 7 nitrogen and oxygen atoms in total. The van der Waals surface area contributed by atoms with Gasteiger partial charge in [-0.3, -0.25) is 10.1 Å². The van der Waals surface area contributed by atoms with E-state index in [-0.39, 0.29) is 17.4 Å². The molecule has 0 saturated carbocycles. The normalized spacial score (nSPS) is 13.5. The van der Waals surface area contributed by atoms with Crippen molar-refractivity contribution >= 4 is 51.0 Å². The standard InChI is InChI=1S/C20H22FN3O4S2/c1-2-28-19(25)17-13-7-5-3-4-6-8-16(13)30-18(17)23-20(29)22-12-9-10-14(21)15(11-12)24(26)27/h9-11H,2-8H2,1H3,(H2,22,23,29). The number of nitro benzene ring substituents is 1. The molecule has 1 aromatic heterocycles. The van der Waals surface area contributed by atoms with Crippen molar-refractivity contribution in [3.05, 3.63) is 50.1 Å². The summed E-state index contributed by atoms with van der Waals surface area (Å²) in [6, 6.07) is 3.43. The van der Waals surface area contributed by atoms with Crippen LogP contribution >= 0.6 is 23.6 Å². The van der Waals surface area contributed by atoms with Crippen molar-refractivity contribution in [3.8, 4) is 0 Å². The molecule has 1 heterocycles. The van der Waals surface area contributed by atoms with Gasteiger partial charge in [-0.1, -0.05) is 12.8 Å². The van der Waals surface area contributed by atoms with Gasteiger partial charge in [0.2, 0.25) is 5.82 Å². The second kappa shape index (κ2) is 9.94. The van der Waals surface area contributed by atoms with Crippen molar-refractivity contribution in [2.24, 2.45) is 0 Å². The van der Waals surface area contributed by atoms with Gasteiger partial charge in [-0.2, -0.15) is 4.39 Å². The van der Waals surface area contributed by atoms with Crippen molar-refractivity contribution < 1.29 is 18.8 Å². The number of aryl methyl sites for hydroxylation is 1. The van der Waals surface area contributed by atoms with Gasteiger partial charge in [0.05, 0.1) is 17.1 Å². The van der Waals surface area contributed by atoms with Gasteiger partial charge in [0.25, 0.3) is 0 Å². The molecular formula is C20H22FN3O4S2. The topological polar surface area (TPSA) is 93.5 Å². The number of fused-ring (bicyclic) bond motifs is 1. The number of halogens is 1. The Balaban J connectivity index is 1.85. The Kier molecular flexibility index (Phi) is 7.33. The smallest absolute Gasteiger partial charge is 0.341 e. The number of hydrogen-bond donors (Lipinski definition) is 2. The molecule has 30 heavy (non-hydrogen) atoms. The van der Waals surface area contributed by atoms with Crippen LogP contribution in [-0.2, 0) is 17.6 Å². The average Bonchev–Trinajstić information content (AvgIpc) is 2.99. The Morgan fingerprint density at radius 2 is 2.00 bits per heavy atom. The third-order valence-corrected chi connectivity index (χ3v) is 6.19. The van der Waals surface area contributed by atoms with E-state index in [1.165, 1.54) is 17.4 Å². The van der Waals surface area contributed by atoms with E-state index in [0.29, 0.717) is 10.6 Å². The lowest BCUT2D eigenvalue weighted by atomic mass is 9.96. The Morgan fingerprint density at radius 1 is 1.27 bits per heavy atom. The fourth-order valence-corrected chi connectivity index (χ4v) is 4.99. The zero-order chi connectivity index (χ0) is 21.7. The maximum absolute atomic E-state index is 13.5. The van der Waals surface area contributed by atoms with Gasteiger partial charge in [-0.15, -0.1) is 11.3 Å². The fourth-order valence-electron chi connectivity index (χ4n) is 3.42. The number of hydrogen-bond acceptors (Lipinski definition) is 6. The number of carbonyl (C=O) groups excluding carboxylic acids is 1. The molecule has 1 aliphatic carbocycles. The number of nitrogens with zero attached hydrogens (tertiary/aromatic N) is 1.